The van der Waals surface area contributed by atoms with E-state index in [0.717, 1.165) is 36.1 Å². The Labute approximate surface area is 149 Å². The van der Waals surface area contributed by atoms with E-state index < -0.39 is 0 Å². The average Bonchev–Trinajstić information content (AvgIpc) is 2.65. The zero-order chi connectivity index (χ0) is 18.2. The Balaban J connectivity index is 2.21. The number of ether oxygens (including phenoxy) is 1. The first-order valence-electron chi connectivity index (χ1n) is 8.69. The Morgan fingerprint density at radius 2 is 1.88 bits per heavy atom. The van der Waals surface area contributed by atoms with Crippen LogP contribution in [0.1, 0.15) is 56.3 Å². The van der Waals surface area contributed by atoms with Gasteiger partial charge in [-0.15, -0.1) is 0 Å². The lowest BCUT2D eigenvalue weighted by atomic mass is 9.98. The van der Waals surface area contributed by atoms with E-state index in [1.807, 2.05) is 24.3 Å². The Kier molecular flexibility index (Phi) is 6.95. The molecule has 5 heteroatoms. The Bertz CT molecular complexity index is 703. The zero-order valence-electron chi connectivity index (χ0n) is 15.1. The number of nitrogens with one attached hydrogen (secondary N) is 1. The van der Waals surface area contributed by atoms with Crippen molar-refractivity contribution >= 4 is 5.69 Å². The fourth-order valence-corrected chi connectivity index (χ4v) is 2.92. The predicted molar refractivity (Wildman–Crippen MR) is 99.9 cm³/mol. The molecule has 2 rings (SSSR count). The van der Waals surface area contributed by atoms with Gasteiger partial charge in [0.05, 0.1) is 12.0 Å². The lowest BCUT2D eigenvalue weighted by Crippen LogP contribution is -2.25. The van der Waals surface area contributed by atoms with Gasteiger partial charge >= 0.3 is 0 Å². The maximum absolute atomic E-state index is 11.1. The van der Waals surface area contributed by atoms with E-state index in [1.54, 1.807) is 19.2 Å². The SMILES string of the molecule is CCCCC(NC(C)c1cccc(OC)c1)c1cccc([N+](=O)[O-])c1. The molecule has 134 valence electrons. The van der Waals surface area contributed by atoms with Gasteiger partial charge in [0.15, 0.2) is 0 Å². The second-order valence-corrected chi connectivity index (χ2v) is 6.21. The molecule has 5 nitrogen and oxygen atoms in total. The van der Waals surface area contributed by atoms with Crippen LogP contribution in [0.4, 0.5) is 5.69 Å². The minimum absolute atomic E-state index is 0.0704. The third-order valence-corrected chi connectivity index (χ3v) is 4.37. The smallest absolute Gasteiger partial charge is 0.269 e. The van der Waals surface area contributed by atoms with Gasteiger partial charge in [-0.2, -0.15) is 0 Å². The van der Waals surface area contributed by atoms with Gasteiger partial charge in [0.1, 0.15) is 5.75 Å². The van der Waals surface area contributed by atoms with E-state index in [9.17, 15) is 10.1 Å². The van der Waals surface area contributed by atoms with Crippen molar-refractivity contribution in [2.24, 2.45) is 0 Å². The molecule has 2 aromatic carbocycles. The van der Waals surface area contributed by atoms with Crippen LogP contribution in [0.15, 0.2) is 48.5 Å². The molecular formula is C20H26N2O3. The molecule has 0 radical (unpaired) electrons. The van der Waals surface area contributed by atoms with Crippen molar-refractivity contribution in [3.8, 4) is 5.75 Å². The molecule has 2 unspecified atom stereocenters. The quantitative estimate of drug-likeness (QED) is 0.503. The maximum atomic E-state index is 11.1. The summed E-state index contributed by atoms with van der Waals surface area (Å²) >= 11 is 0. The maximum Gasteiger partial charge on any atom is 0.269 e. The van der Waals surface area contributed by atoms with E-state index in [4.69, 9.17) is 4.74 Å². The van der Waals surface area contributed by atoms with Crippen LogP contribution < -0.4 is 10.1 Å². The molecule has 0 aliphatic rings. The standard InChI is InChI=1S/C20H26N2O3/c1-4-5-12-20(17-9-6-10-18(13-17)22(23)24)21-15(2)16-8-7-11-19(14-16)25-3/h6-11,13-15,20-21H,4-5,12H2,1-3H3. The Morgan fingerprint density at radius 1 is 1.16 bits per heavy atom. The Hall–Kier alpha value is -2.40. The molecule has 2 aromatic rings. The highest BCUT2D eigenvalue weighted by molar-refractivity contribution is 5.36. The second-order valence-electron chi connectivity index (χ2n) is 6.21. The van der Waals surface area contributed by atoms with E-state index >= 15 is 0 Å². The predicted octanol–water partition coefficient (Wildman–Crippen LogP) is 5.19. The van der Waals surface area contributed by atoms with E-state index in [-0.39, 0.29) is 22.7 Å². The van der Waals surface area contributed by atoms with Crippen LogP contribution in [0.5, 0.6) is 5.75 Å². The zero-order valence-corrected chi connectivity index (χ0v) is 15.1. The molecular weight excluding hydrogens is 316 g/mol. The van der Waals surface area contributed by atoms with Crippen molar-refractivity contribution in [1.82, 2.24) is 5.32 Å². The van der Waals surface area contributed by atoms with Crippen LogP contribution in [0.2, 0.25) is 0 Å². The van der Waals surface area contributed by atoms with Crippen molar-refractivity contribution in [3.63, 3.8) is 0 Å². The highest BCUT2D eigenvalue weighted by Gasteiger charge is 2.18. The minimum atomic E-state index is -0.341. The first-order chi connectivity index (χ1) is 12.0. The summed E-state index contributed by atoms with van der Waals surface area (Å²) in [5, 5.41) is 14.7. The summed E-state index contributed by atoms with van der Waals surface area (Å²) in [6.07, 6.45) is 3.08. The molecule has 0 saturated carbocycles. The highest BCUT2D eigenvalue weighted by atomic mass is 16.6. The molecule has 0 amide bonds. The molecule has 0 saturated heterocycles. The second kappa shape index (κ2) is 9.18. The normalized spacial score (nSPS) is 13.2. The van der Waals surface area contributed by atoms with Crippen LogP contribution in [0.25, 0.3) is 0 Å². The van der Waals surface area contributed by atoms with Crippen molar-refractivity contribution in [2.75, 3.05) is 7.11 Å². The van der Waals surface area contributed by atoms with Crippen LogP contribution in [0, 0.1) is 10.1 Å². The van der Waals surface area contributed by atoms with Gasteiger partial charge < -0.3 is 10.1 Å². The first-order valence-corrected chi connectivity index (χ1v) is 8.69. The summed E-state index contributed by atoms with van der Waals surface area (Å²) in [5.74, 6) is 0.826. The number of rotatable bonds is 9. The molecule has 0 heterocycles. The largest absolute Gasteiger partial charge is 0.497 e. The number of nitro groups is 1. The molecule has 0 bridgehead atoms. The minimum Gasteiger partial charge on any atom is -0.497 e. The van der Waals surface area contributed by atoms with E-state index in [1.165, 1.54) is 6.07 Å². The van der Waals surface area contributed by atoms with Crippen LogP contribution >= 0.6 is 0 Å². The van der Waals surface area contributed by atoms with Gasteiger partial charge in [0, 0.05) is 24.2 Å². The lowest BCUT2D eigenvalue weighted by Gasteiger charge is -2.24. The molecule has 1 N–H and O–H groups in total. The van der Waals surface area contributed by atoms with Gasteiger partial charge in [-0.25, -0.2) is 0 Å². The number of methoxy groups -OCH3 is 1. The van der Waals surface area contributed by atoms with E-state index in [2.05, 4.69) is 25.2 Å². The van der Waals surface area contributed by atoms with Gasteiger partial charge in [-0.3, -0.25) is 10.1 Å². The Morgan fingerprint density at radius 3 is 2.56 bits per heavy atom. The molecule has 0 spiro atoms. The summed E-state index contributed by atoms with van der Waals surface area (Å²) in [6.45, 7) is 4.25. The number of non-ortho nitro benzene ring substituents is 1. The van der Waals surface area contributed by atoms with Crippen LogP contribution in [0.3, 0.4) is 0 Å². The van der Waals surface area contributed by atoms with Crippen molar-refractivity contribution < 1.29 is 9.66 Å². The van der Waals surface area contributed by atoms with Gasteiger partial charge in [-0.05, 0) is 36.6 Å². The van der Waals surface area contributed by atoms with E-state index in [0.29, 0.717) is 0 Å². The van der Waals surface area contributed by atoms with Crippen molar-refractivity contribution in [3.05, 3.63) is 69.8 Å². The summed E-state index contributed by atoms with van der Waals surface area (Å²) in [7, 11) is 1.66. The van der Waals surface area contributed by atoms with Crippen molar-refractivity contribution in [2.45, 2.75) is 45.2 Å². The van der Waals surface area contributed by atoms with Gasteiger partial charge in [0.25, 0.3) is 5.69 Å². The average molecular weight is 342 g/mol. The fraction of sp³-hybridized carbons (Fsp3) is 0.400. The third-order valence-electron chi connectivity index (χ3n) is 4.37. The number of nitro benzene ring substituents is 1. The summed E-state index contributed by atoms with van der Waals surface area (Å²) < 4.78 is 5.30. The summed E-state index contributed by atoms with van der Waals surface area (Å²) in [5.41, 5.74) is 2.22. The lowest BCUT2D eigenvalue weighted by molar-refractivity contribution is -0.384. The number of benzene rings is 2. The molecule has 2 atom stereocenters. The molecule has 0 aliphatic heterocycles. The van der Waals surface area contributed by atoms with Crippen LogP contribution in [-0.2, 0) is 0 Å². The third kappa shape index (κ3) is 5.29. The summed E-state index contributed by atoms with van der Waals surface area (Å²) in [6, 6.07) is 15.1. The van der Waals surface area contributed by atoms with Crippen LogP contribution in [-0.4, -0.2) is 12.0 Å². The highest BCUT2D eigenvalue weighted by Crippen LogP contribution is 2.27. The molecule has 25 heavy (non-hydrogen) atoms. The topological polar surface area (TPSA) is 64.4 Å². The molecule has 0 fully saturated rings. The monoisotopic (exact) mass is 342 g/mol. The van der Waals surface area contributed by atoms with Gasteiger partial charge in [0.2, 0.25) is 0 Å². The number of hydrogen-bond acceptors (Lipinski definition) is 4. The first kappa shape index (κ1) is 18.9. The molecule has 0 aliphatic carbocycles. The number of unbranched alkanes of at least 4 members (excludes halogenated alkanes) is 1. The van der Waals surface area contributed by atoms with Crippen molar-refractivity contribution in [1.29, 1.82) is 0 Å². The number of nitrogens with zero attached hydrogens (tertiary/aromatic N) is 1. The van der Waals surface area contributed by atoms with Gasteiger partial charge in [-0.1, -0.05) is 44.0 Å². The number of hydrogen-bond donors (Lipinski definition) is 1. The summed E-state index contributed by atoms with van der Waals surface area (Å²) in [4.78, 5) is 10.7. The fourth-order valence-electron chi connectivity index (χ4n) is 2.92. The molecule has 0 aromatic heterocycles.